The predicted molar refractivity (Wildman–Crippen MR) is 66.2 cm³/mol. The van der Waals surface area contributed by atoms with Crippen LogP contribution >= 0.6 is 11.6 Å². The van der Waals surface area contributed by atoms with Crippen LogP contribution in [0.1, 0.15) is 19.1 Å². The summed E-state index contributed by atoms with van der Waals surface area (Å²) in [5.74, 6) is 0.571. The smallest absolute Gasteiger partial charge is 0.306 e. The van der Waals surface area contributed by atoms with E-state index in [-0.39, 0.29) is 5.97 Å². The van der Waals surface area contributed by atoms with E-state index in [1.54, 1.807) is 13.0 Å². The molecule has 0 saturated carbocycles. The first-order valence-electron chi connectivity index (χ1n) is 5.52. The lowest BCUT2D eigenvalue weighted by atomic mass is 10.2. The first-order chi connectivity index (χ1) is 8.19. The Balaban J connectivity index is 2.07. The molecule has 0 aliphatic rings. The number of ether oxygens (including phenoxy) is 1. The van der Waals surface area contributed by atoms with E-state index in [0.717, 1.165) is 16.7 Å². The normalized spacial score (nSPS) is 10.7. The molecule has 0 fully saturated rings. The van der Waals surface area contributed by atoms with E-state index in [4.69, 9.17) is 20.8 Å². The van der Waals surface area contributed by atoms with Crippen molar-refractivity contribution in [2.24, 2.45) is 0 Å². The molecule has 1 aromatic heterocycles. The molecule has 0 bridgehead atoms. The van der Waals surface area contributed by atoms with E-state index in [2.05, 4.69) is 0 Å². The van der Waals surface area contributed by atoms with Gasteiger partial charge in [-0.2, -0.15) is 0 Å². The summed E-state index contributed by atoms with van der Waals surface area (Å²) in [6.45, 7) is 2.20. The van der Waals surface area contributed by atoms with Crippen molar-refractivity contribution in [1.82, 2.24) is 0 Å². The van der Waals surface area contributed by atoms with Gasteiger partial charge in [-0.1, -0.05) is 11.6 Å². The van der Waals surface area contributed by atoms with Gasteiger partial charge in [0.15, 0.2) is 0 Å². The number of hydrogen-bond acceptors (Lipinski definition) is 3. The average molecular weight is 253 g/mol. The van der Waals surface area contributed by atoms with Gasteiger partial charge in [-0.05, 0) is 31.2 Å². The molecule has 0 aliphatic carbocycles. The maximum Gasteiger partial charge on any atom is 0.306 e. The zero-order valence-electron chi connectivity index (χ0n) is 9.53. The Hall–Kier alpha value is -1.48. The highest BCUT2D eigenvalue weighted by molar-refractivity contribution is 6.31. The SMILES string of the molecule is CCOC(=O)CCc1cc2cc(Cl)ccc2o1. The van der Waals surface area contributed by atoms with Crippen LogP contribution in [0.5, 0.6) is 0 Å². The third kappa shape index (κ3) is 3.01. The molecule has 1 heterocycles. The number of aryl methyl sites for hydroxylation is 1. The fraction of sp³-hybridized carbons (Fsp3) is 0.308. The van der Waals surface area contributed by atoms with Crippen molar-refractivity contribution in [3.63, 3.8) is 0 Å². The van der Waals surface area contributed by atoms with Gasteiger partial charge in [0.1, 0.15) is 11.3 Å². The molecule has 0 aliphatic heterocycles. The highest BCUT2D eigenvalue weighted by Gasteiger charge is 2.07. The van der Waals surface area contributed by atoms with Gasteiger partial charge in [0.05, 0.1) is 13.0 Å². The fourth-order valence-electron chi connectivity index (χ4n) is 1.65. The van der Waals surface area contributed by atoms with E-state index in [0.29, 0.717) is 24.5 Å². The molecule has 3 nitrogen and oxygen atoms in total. The Labute approximate surface area is 104 Å². The van der Waals surface area contributed by atoms with Crippen molar-refractivity contribution < 1.29 is 13.9 Å². The van der Waals surface area contributed by atoms with E-state index in [1.165, 1.54) is 0 Å². The van der Waals surface area contributed by atoms with Crippen molar-refractivity contribution in [3.05, 3.63) is 35.0 Å². The molecular weight excluding hydrogens is 240 g/mol. The summed E-state index contributed by atoms with van der Waals surface area (Å²) in [5.41, 5.74) is 0.785. The van der Waals surface area contributed by atoms with Crippen LogP contribution < -0.4 is 0 Å². The van der Waals surface area contributed by atoms with Crippen LogP contribution in [-0.2, 0) is 16.0 Å². The Morgan fingerprint density at radius 1 is 1.41 bits per heavy atom. The van der Waals surface area contributed by atoms with Gasteiger partial charge in [-0.15, -0.1) is 0 Å². The minimum atomic E-state index is -0.203. The van der Waals surface area contributed by atoms with Crippen LogP contribution in [0, 0.1) is 0 Å². The summed E-state index contributed by atoms with van der Waals surface area (Å²) in [6.07, 6.45) is 0.881. The second kappa shape index (κ2) is 5.23. The van der Waals surface area contributed by atoms with Gasteiger partial charge in [-0.3, -0.25) is 4.79 Å². The van der Waals surface area contributed by atoms with Gasteiger partial charge < -0.3 is 9.15 Å². The molecule has 2 aromatic rings. The maximum absolute atomic E-state index is 11.2. The number of hydrogen-bond donors (Lipinski definition) is 0. The molecule has 17 heavy (non-hydrogen) atoms. The molecule has 0 radical (unpaired) electrons. The van der Waals surface area contributed by atoms with Gasteiger partial charge in [0, 0.05) is 16.8 Å². The number of furan rings is 1. The van der Waals surface area contributed by atoms with Crippen LogP contribution in [0.2, 0.25) is 5.02 Å². The molecule has 4 heteroatoms. The number of carbonyl (C=O) groups excluding carboxylic acids is 1. The van der Waals surface area contributed by atoms with Crippen LogP contribution in [-0.4, -0.2) is 12.6 Å². The molecule has 2 rings (SSSR count). The summed E-state index contributed by atoms with van der Waals surface area (Å²) in [7, 11) is 0. The van der Waals surface area contributed by atoms with Crippen LogP contribution in [0.3, 0.4) is 0 Å². The van der Waals surface area contributed by atoms with Crippen LogP contribution in [0.15, 0.2) is 28.7 Å². The largest absolute Gasteiger partial charge is 0.466 e. The van der Waals surface area contributed by atoms with Gasteiger partial charge in [0.2, 0.25) is 0 Å². The van der Waals surface area contributed by atoms with E-state index in [1.807, 2.05) is 18.2 Å². The first-order valence-corrected chi connectivity index (χ1v) is 5.90. The molecule has 90 valence electrons. The second-order valence-corrected chi connectivity index (χ2v) is 4.14. The summed E-state index contributed by atoms with van der Waals surface area (Å²) in [4.78, 5) is 11.2. The molecule has 0 spiro atoms. The Bertz CT molecular complexity index is 530. The second-order valence-electron chi connectivity index (χ2n) is 3.70. The standard InChI is InChI=1S/C13H13ClO3/c1-2-16-13(15)6-4-11-8-9-7-10(14)3-5-12(9)17-11/h3,5,7-8H,2,4,6H2,1H3. The zero-order chi connectivity index (χ0) is 12.3. The fourth-order valence-corrected chi connectivity index (χ4v) is 1.83. The number of esters is 1. The monoisotopic (exact) mass is 252 g/mol. The zero-order valence-corrected chi connectivity index (χ0v) is 10.3. The van der Waals surface area contributed by atoms with Gasteiger partial charge in [0.25, 0.3) is 0 Å². The molecule has 0 N–H and O–H groups in total. The molecule has 0 saturated heterocycles. The van der Waals surface area contributed by atoms with Crippen molar-refractivity contribution in [3.8, 4) is 0 Å². The minimum Gasteiger partial charge on any atom is -0.466 e. The molecule has 0 amide bonds. The lowest BCUT2D eigenvalue weighted by molar-refractivity contribution is -0.143. The van der Waals surface area contributed by atoms with Crippen molar-refractivity contribution >= 4 is 28.5 Å². The van der Waals surface area contributed by atoms with Crippen molar-refractivity contribution in [2.45, 2.75) is 19.8 Å². The van der Waals surface area contributed by atoms with Crippen molar-refractivity contribution in [2.75, 3.05) is 6.61 Å². The lowest BCUT2D eigenvalue weighted by Gasteiger charge is -1.98. The number of rotatable bonds is 4. The average Bonchev–Trinajstić information content (AvgIpc) is 2.68. The van der Waals surface area contributed by atoms with E-state index < -0.39 is 0 Å². The third-order valence-corrected chi connectivity index (χ3v) is 2.65. The van der Waals surface area contributed by atoms with E-state index >= 15 is 0 Å². The van der Waals surface area contributed by atoms with E-state index in [9.17, 15) is 4.79 Å². The van der Waals surface area contributed by atoms with Gasteiger partial charge >= 0.3 is 5.97 Å². The topological polar surface area (TPSA) is 39.4 Å². The molecular formula is C13H13ClO3. The Morgan fingerprint density at radius 3 is 3.00 bits per heavy atom. The number of fused-ring (bicyclic) bond motifs is 1. The Kier molecular flexibility index (Phi) is 3.69. The Morgan fingerprint density at radius 2 is 2.24 bits per heavy atom. The summed E-state index contributed by atoms with van der Waals surface area (Å²) in [6, 6.07) is 7.35. The number of halogens is 1. The lowest BCUT2D eigenvalue weighted by Crippen LogP contribution is -2.04. The first kappa shape index (κ1) is 12.0. The third-order valence-electron chi connectivity index (χ3n) is 2.41. The van der Waals surface area contributed by atoms with Gasteiger partial charge in [-0.25, -0.2) is 0 Å². The molecule has 0 atom stereocenters. The van der Waals surface area contributed by atoms with Crippen molar-refractivity contribution in [1.29, 1.82) is 0 Å². The molecule has 0 unspecified atom stereocenters. The number of benzene rings is 1. The summed E-state index contributed by atoms with van der Waals surface area (Å²) >= 11 is 5.88. The maximum atomic E-state index is 11.2. The van der Waals surface area contributed by atoms with Crippen LogP contribution in [0.4, 0.5) is 0 Å². The quantitative estimate of drug-likeness (QED) is 0.781. The van der Waals surface area contributed by atoms with Crippen LogP contribution in [0.25, 0.3) is 11.0 Å². The highest BCUT2D eigenvalue weighted by atomic mass is 35.5. The number of carbonyl (C=O) groups is 1. The summed E-state index contributed by atoms with van der Waals surface area (Å²) < 4.78 is 10.4. The predicted octanol–water partition coefficient (Wildman–Crippen LogP) is 3.58. The minimum absolute atomic E-state index is 0.203. The highest BCUT2D eigenvalue weighted by Crippen LogP contribution is 2.23. The summed E-state index contributed by atoms with van der Waals surface area (Å²) in [5, 5.41) is 1.63. The molecule has 1 aromatic carbocycles.